The van der Waals surface area contributed by atoms with Crippen LogP contribution < -0.4 is 10.6 Å². The Balaban J connectivity index is 2.32. The zero-order valence-electron chi connectivity index (χ0n) is 14.6. The minimum absolute atomic E-state index is 0.148. The smallest absolute Gasteiger partial charge is 0.410 e. The molecule has 1 heterocycles. The molecule has 0 aliphatic carbocycles. The number of hydrogen-bond donors (Lipinski definition) is 2. The van der Waals surface area contributed by atoms with Crippen molar-refractivity contribution in [3.8, 4) is 0 Å². The van der Waals surface area contributed by atoms with Gasteiger partial charge in [0.2, 0.25) is 11.8 Å². The third-order valence-corrected chi connectivity index (χ3v) is 3.14. The van der Waals surface area contributed by atoms with Crippen LogP contribution in [0.4, 0.5) is 4.79 Å². The minimum Gasteiger partial charge on any atom is -0.444 e. The first kappa shape index (κ1) is 20.0. The highest BCUT2D eigenvalue weighted by Crippen LogP contribution is 2.14. The monoisotopic (exact) mass is 341 g/mol. The molecule has 1 rings (SSSR count). The highest BCUT2D eigenvalue weighted by atomic mass is 16.6. The Hall–Kier alpha value is -2.09. The van der Waals surface area contributed by atoms with Gasteiger partial charge in [-0.3, -0.25) is 9.59 Å². The number of nitrogens with zero attached hydrogens (tertiary/aromatic N) is 1. The molecule has 0 bridgehead atoms. The van der Waals surface area contributed by atoms with Gasteiger partial charge in [0.25, 0.3) is 0 Å². The summed E-state index contributed by atoms with van der Waals surface area (Å²) >= 11 is 0. The van der Waals surface area contributed by atoms with Crippen molar-refractivity contribution < 1.29 is 23.9 Å². The highest BCUT2D eigenvalue weighted by molar-refractivity contribution is 5.86. The van der Waals surface area contributed by atoms with Crippen LogP contribution in [-0.4, -0.2) is 67.3 Å². The summed E-state index contributed by atoms with van der Waals surface area (Å²) in [5.41, 5.74) is -0.557. The van der Waals surface area contributed by atoms with Crippen LogP contribution in [0, 0.1) is 0 Å². The Morgan fingerprint density at radius 1 is 1.29 bits per heavy atom. The molecule has 0 aromatic rings. The second-order valence-corrected chi connectivity index (χ2v) is 6.47. The zero-order valence-corrected chi connectivity index (χ0v) is 14.6. The molecule has 1 aliphatic rings. The summed E-state index contributed by atoms with van der Waals surface area (Å²) in [7, 11) is 0. The van der Waals surface area contributed by atoms with Gasteiger partial charge in [-0.15, -0.1) is 0 Å². The molecule has 24 heavy (non-hydrogen) atoms. The van der Waals surface area contributed by atoms with Crippen molar-refractivity contribution in [2.24, 2.45) is 0 Å². The molecule has 1 unspecified atom stereocenters. The molecule has 0 spiro atoms. The maximum Gasteiger partial charge on any atom is 0.410 e. The Bertz CT molecular complexity index is 473. The van der Waals surface area contributed by atoms with Crippen LogP contribution in [-0.2, 0) is 19.1 Å². The fraction of sp³-hybridized carbons (Fsp3) is 0.688. The predicted molar refractivity (Wildman–Crippen MR) is 88.4 cm³/mol. The first-order valence-electron chi connectivity index (χ1n) is 7.98. The van der Waals surface area contributed by atoms with E-state index >= 15 is 0 Å². The molecule has 0 radical (unpaired) electrons. The van der Waals surface area contributed by atoms with Gasteiger partial charge < -0.3 is 25.0 Å². The topological polar surface area (TPSA) is 97.0 Å². The Morgan fingerprint density at radius 2 is 1.96 bits per heavy atom. The maximum atomic E-state index is 12.0. The van der Waals surface area contributed by atoms with Crippen molar-refractivity contribution in [1.82, 2.24) is 15.5 Å². The van der Waals surface area contributed by atoms with Crippen LogP contribution in [0.2, 0.25) is 0 Å². The SMILES string of the molecule is C=CC(=O)NCCNC(=O)CC1CN(C(=O)OC(C)(C)C)CCO1. The highest BCUT2D eigenvalue weighted by Gasteiger charge is 2.29. The summed E-state index contributed by atoms with van der Waals surface area (Å²) in [6.07, 6.45) is 0.551. The summed E-state index contributed by atoms with van der Waals surface area (Å²) in [6, 6.07) is 0. The number of amides is 3. The fourth-order valence-electron chi connectivity index (χ4n) is 2.07. The molecular weight excluding hydrogens is 314 g/mol. The molecule has 1 saturated heterocycles. The third-order valence-electron chi connectivity index (χ3n) is 3.14. The lowest BCUT2D eigenvalue weighted by atomic mass is 10.2. The van der Waals surface area contributed by atoms with E-state index in [4.69, 9.17) is 9.47 Å². The number of rotatable bonds is 6. The molecule has 8 heteroatoms. The Kier molecular flexibility index (Phi) is 7.70. The van der Waals surface area contributed by atoms with Crippen molar-refractivity contribution in [3.05, 3.63) is 12.7 Å². The van der Waals surface area contributed by atoms with Crippen LogP contribution in [0.1, 0.15) is 27.2 Å². The fourth-order valence-corrected chi connectivity index (χ4v) is 2.07. The Morgan fingerprint density at radius 3 is 2.58 bits per heavy atom. The van der Waals surface area contributed by atoms with Crippen LogP contribution in [0.3, 0.4) is 0 Å². The normalized spacial score (nSPS) is 17.8. The minimum atomic E-state index is -0.557. The predicted octanol–water partition coefficient (Wildman–Crippen LogP) is 0.431. The zero-order chi connectivity index (χ0) is 18.2. The second kappa shape index (κ2) is 9.27. The number of ether oxygens (including phenoxy) is 2. The summed E-state index contributed by atoms with van der Waals surface area (Å²) in [5, 5.41) is 5.25. The van der Waals surface area contributed by atoms with Gasteiger partial charge in [-0.05, 0) is 26.8 Å². The molecule has 1 aliphatic heterocycles. The molecule has 1 fully saturated rings. The van der Waals surface area contributed by atoms with E-state index in [1.54, 1.807) is 25.7 Å². The molecule has 3 amide bonds. The lowest BCUT2D eigenvalue weighted by Gasteiger charge is -2.34. The molecule has 0 saturated carbocycles. The van der Waals surface area contributed by atoms with Gasteiger partial charge in [0.15, 0.2) is 0 Å². The maximum absolute atomic E-state index is 12.0. The number of carbonyl (C=O) groups is 3. The second-order valence-electron chi connectivity index (χ2n) is 6.47. The van der Waals surface area contributed by atoms with Crippen molar-refractivity contribution in [1.29, 1.82) is 0 Å². The van der Waals surface area contributed by atoms with E-state index in [9.17, 15) is 14.4 Å². The van der Waals surface area contributed by atoms with Crippen molar-refractivity contribution in [2.45, 2.75) is 38.9 Å². The van der Waals surface area contributed by atoms with E-state index in [0.29, 0.717) is 32.8 Å². The molecule has 0 aromatic carbocycles. The lowest BCUT2D eigenvalue weighted by molar-refractivity contribution is -0.126. The number of morpholine rings is 1. The van der Waals surface area contributed by atoms with Gasteiger partial charge >= 0.3 is 6.09 Å². The summed E-state index contributed by atoms with van der Waals surface area (Å²) in [6.45, 7) is 10.5. The average Bonchev–Trinajstić information content (AvgIpc) is 2.50. The van der Waals surface area contributed by atoms with Gasteiger partial charge in [0, 0.05) is 19.6 Å². The molecule has 1 atom stereocenters. The first-order valence-corrected chi connectivity index (χ1v) is 7.98. The van der Waals surface area contributed by atoms with Gasteiger partial charge in [0.1, 0.15) is 5.60 Å². The van der Waals surface area contributed by atoms with E-state index in [2.05, 4.69) is 17.2 Å². The van der Waals surface area contributed by atoms with Crippen molar-refractivity contribution in [2.75, 3.05) is 32.8 Å². The van der Waals surface area contributed by atoms with E-state index < -0.39 is 11.7 Å². The van der Waals surface area contributed by atoms with Crippen molar-refractivity contribution >= 4 is 17.9 Å². The number of carbonyl (C=O) groups excluding carboxylic acids is 3. The standard InChI is InChI=1S/C16H27N3O5/c1-5-13(20)17-6-7-18-14(21)10-12-11-19(8-9-23-12)15(22)24-16(2,3)4/h5,12H,1,6-11H2,2-4H3,(H,17,20)(H,18,21). The van der Waals surface area contributed by atoms with Crippen LogP contribution in [0.5, 0.6) is 0 Å². The van der Waals surface area contributed by atoms with E-state index in [-0.39, 0.29) is 24.3 Å². The van der Waals surface area contributed by atoms with Gasteiger partial charge in [-0.2, -0.15) is 0 Å². The Labute approximate surface area is 142 Å². The number of hydrogen-bond acceptors (Lipinski definition) is 5. The number of nitrogens with one attached hydrogen (secondary N) is 2. The summed E-state index contributed by atoms with van der Waals surface area (Å²) in [5.74, 6) is -0.480. The molecular formula is C16H27N3O5. The van der Waals surface area contributed by atoms with E-state index in [1.165, 1.54) is 6.08 Å². The molecule has 2 N–H and O–H groups in total. The third kappa shape index (κ3) is 7.96. The van der Waals surface area contributed by atoms with Crippen LogP contribution in [0.15, 0.2) is 12.7 Å². The summed E-state index contributed by atoms with van der Waals surface area (Å²) < 4.78 is 10.9. The average molecular weight is 341 g/mol. The molecule has 136 valence electrons. The quantitative estimate of drug-likeness (QED) is 0.539. The lowest BCUT2D eigenvalue weighted by Crippen LogP contribution is -2.48. The van der Waals surface area contributed by atoms with E-state index in [0.717, 1.165) is 0 Å². The van der Waals surface area contributed by atoms with Crippen LogP contribution >= 0.6 is 0 Å². The van der Waals surface area contributed by atoms with Gasteiger partial charge in [-0.1, -0.05) is 6.58 Å². The van der Waals surface area contributed by atoms with E-state index in [1.807, 2.05) is 0 Å². The van der Waals surface area contributed by atoms with Crippen LogP contribution in [0.25, 0.3) is 0 Å². The molecule has 8 nitrogen and oxygen atoms in total. The largest absolute Gasteiger partial charge is 0.444 e. The first-order chi connectivity index (χ1) is 11.2. The molecule has 0 aromatic heterocycles. The summed E-state index contributed by atoms with van der Waals surface area (Å²) in [4.78, 5) is 36.4. The van der Waals surface area contributed by atoms with Crippen molar-refractivity contribution in [3.63, 3.8) is 0 Å². The van der Waals surface area contributed by atoms with Gasteiger partial charge in [-0.25, -0.2) is 4.79 Å². The van der Waals surface area contributed by atoms with Gasteiger partial charge in [0.05, 0.1) is 25.7 Å².